The van der Waals surface area contributed by atoms with E-state index in [1.54, 1.807) is 26.0 Å². The van der Waals surface area contributed by atoms with Crippen molar-refractivity contribution in [2.24, 2.45) is 0 Å². The van der Waals surface area contributed by atoms with Crippen LogP contribution in [0.2, 0.25) is 0 Å². The number of carbonyl (C=O) groups is 3. The van der Waals surface area contributed by atoms with Crippen molar-refractivity contribution in [3.63, 3.8) is 0 Å². The SMILES string of the molecule is CNC(=O)CNC(=O)NC(=O)CNc1cccc(S(=O)(=O)N(OC2CCCC2)C(C)C)c1. The van der Waals surface area contributed by atoms with Crippen molar-refractivity contribution in [1.29, 1.82) is 0 Å². The Morgan fingerprint density at radius 3 is 2.44 bits per heavy atom. The fourth-order valence-corrected chi connectivity index (χ4v) is 4.64. The molecule has 1 aromatic carbocycles. The highest BCUT2D eigenvalue weighted by Gasteiger charge is 2.32. The fourth-order valence-electron chi connectivity index (χ4n) is 3.11. The second kappa shape index (κ2) is 11.8. The summed E-state index contributed by atoms with van der Waals surface area (Å²) in [5.41, 5.74) is 0.386. The van der Waals surface area contributed by atoms with Gasteiger partial charge in [0, 0.05) is 18.8 Å². The Morgan fingerprint density at radius 1 is 1.12 bits per heavy atom. The Hall–Kier alpha value is -2.70. The van der Waals surface area contributed by atoms with Crippen LogP contribution in [0.1, 0.15) is 39.5 Å². The number of amides is 4. The van der Waals surface area contributed by atoms with Gasteiger partial charge in [-0.25, -0.2) is 13.2 Å². The van der Waals surface area contributed by atoms with Crippen molar-refractivity contribution in [1.82, 2.24) is 20.4 Å². The van der Waals surface area contributed by atoms with E-state index in [-0.39, 0.29) is 24.1 Å². The van der Waals surface area contributed by atoms with Gasteiger partial charge in [-0.15, -0.1) is 0 Å². The standard InChI is InChI=1S/C20H31N5O6S/c1-14(2)25(31-16-8-4-5-9-16)32(29,30)17-10-6-7-15(11-17)22-13-19(27)24-20(28)23-12-18(26)21-3/h6-7,10-11,14,16,22H,4-5,8-9,12-13H2,1-3H3,(H,21,26)(H2,23,24,27,28). The van der Waals surface area contributed by atoms with Crippen molar-refractivity contribution in [2.45, 2.75) is 56.6 Å². The number of hydrogen-bond acceptors (Lipinski definition) is 7. The summed E-state index contributed by atoms with van der Waals surface area (Å²) in [5.74, 6) is -1.06. The normalized spacial score (nSPS) is 14.4. The van der Waals surface area contributed by atoms with Crippen LogP contribution in [0.5, 0.6) is 0 Å². The van der Waals surface area contributed by atoms with E-state index in [1.807, 2.05) is 0 Å². The molecule has 0 saturated heterocycles. The molecule has 0 heterocycles. The van der Waals surface area contributed by atoms with Gasteiger partial charge in [0.05, 0.1) is 24.1 Å². The van der Waals surface area contributed by atoms with Crippen LogP contribution in [0.15, 0.2) is 29.2 Å². The smallest absolute Gasteiger partial charge is 0.321 e. The van der Waals surface area contributed by atoms with Crippen molar-refractivity contribution in [3.8, 4) is 0 Å². The third-order valence-corrected chi connectivity index (χ3v) is 6.57. The van der Waals surface area contributed by atoms with Gasteiger partial charge in [-0.05, 0) is 44.9 Å². The molecular formula is C20H31N5O6S. The lowest BCUT2D eigenvalue weighted by Crippen LogP contribution is -2.45. The van der Waals surface area contributed by atoms with Crippen LogP contribution in [0.3, 0.4) is 0 Å². The van der Waals surface area contributed by atoms with Crippen molar-refractivity contribution in [2.75, 3.05) is 25.5 Å². The van der Waals surface area contributed by atoms with E-state index in [0.29, 0.717) is 5.69 Å². The number of nitrogens with zero attached hydrogens (tertiary/aromatic N) is 1. The molecule has 4 amide bonds. The number of anilines is 1. The van der Waals surface area contributed by atoms with Crippen LogP contribution in [0, 0.1) is 0 Å². The Morgan fingerprint density at radius 2 is 1.81 bits per heavy atom. The van der Waals surface area contributed by atoms with Crippen LogP contribution in [-0.2, 0) is 24.4 Å². The topological polar surface area (TPSA) is 146 Å². The van der Waals surface area contributed by atoms with Gasteiger partial charge in [-0.3, -0.25) is 19.7 Å². The summed E-state index contributed by atoms with van der Waals surface area (Å²) >= 11 is 0. The van der Waals surface area contributed by atoms with Crippen molar-refractivity contribution < 1.29 is 27.6 Å². The number of benzene rings is 1. The Balaban J connectivity index is 1.98. The molecule has 32 heavy (non-hydrogen) atoms. The number of hydrogen-bond donors (Lipinski definition) is 4. The first-order valence-electron chi connectivity index (χ1n) is 10.5. The van der Waals surface area contributed by atoms with Gasteiger partial charge in [0.1, 0.15) is 0 Å². The van der Waals surface area contributed by atoms with Crippen molar-refractivity contribution in [3.05, 3.63) is 24.3 Å². The number of carbonyl (C=O) groups excluding carboxylic acids is 3. The van der Waals surface area contributed by atoms with Gasteiger partial charge in [0.25, 0.3) is 10.0 Å². The summed E-state index contributed by atoms with van der Waals surface area (Å²) in [7, 11) is -2.49. The molecule has 2 rings (SSSR count). The number of nitrogens with one attached hydrogen (secondary N) is 4. The number of hydroxylamine groups is 1. The Kier molecular flexibility index (Phi) is 9.42. The summed E-state index contributed by atoms with van der Waals surface area (Å²) in [6.45, 7) is 2.95. The minimum atomic E-state index is -3.92. The second-order valence-electron chi connectivity index (χ2n) is 7.65. The molecule has 1 saturated carbocycles. The quantitative estimate of drug-likeness (QED) is 0.373. The Labute approximate surface area is 188 Å². The summed E-state index contributed by atoms with van der Waals surface area (Å²) < 4.78 is 27.4. The van der Waals surface area contributed by atoms with Gasteiger partial charge < -0.3 is 16.0 Å². The molecule has 4 N–H and O–H groups in total. The van der Waals surface area contributed by atoms with Gasteiger partial charge >= 0.3 is 6.03 Å². The maximum atomic E-state index is 13.2. The second-order valence-corrected chi connectivity index (χ2v) is 9.43. The fraction of sp³-hybridized carbons (Fsp3) is 0.550. The third-order valence-electron chi connectivity index (χ3n) is 4.74. The number of imide groups is 1. The number of rotatable bonds is 10. The zero-order valence-corrected chi connectivity index (χ0v) is 19.3. The van der Waals surface area contributed by atoms with E-state index in [4.69, 9.17) is 4.84 Å². The van der Waals surface area contributed by atoms with Gasteiger partial charge in [-0.2, -0.15) is 0 Å². The molecule has 0 aromatic heterocycles. The average Bonchev–Trinajstić information content (AvgIpc) is 3.27. The molecule has 0 unspecified atom stereocenters. The van der Waals surface area contributed by atoms with Gasteiger partial charge in [0.15, 0.2) is 0 Å². The average molecular weight is 470 g/mol. The van der Waals surface area contributed by atoms with Crippen LogP contribution >= 0.6 is 0 Å². The van der Waals surface area contributed by atoms with Gasteiger partial charge in [0.2, 0.25) is 11.8 Å². The summed E-state index contributed by atoms with van der Waals surface area (Å²) in [5, 5.41) is 9.42. The van der Waals surface area contributed by atoms with Crippen LogP contribution < -0.4 is 21.3 Å². The highest BCUT2D eigenvalue weighted by Crippen LogP contribution is 2.27. The minimum absolute atomic E-state index is 0.0259. The first kappa shape index (κ1) is 25.6. The highest BCUT2D eigenvalue weighted by atomic mass is 32.2. The molecular weight excluding hydrogens is 438 g/mol. The van der Waals surface area contributed by atoms with E-state index >= 15 is 0 Å². The van der Waals surface area contributed by atoms with E-state index in [2.05, 4.69) is 21.3 Å². The molecule has 0 radical (unpaired) electrons. The molecule has 1 aromatic rings. The molecule has 1 aliphatic rings. The largest absolute Gasteiger partial charge is 0.376 e. The lowest BCUT2D eigenvalue weighted by molar-refractivity contribution is -0.146. The Bertz CT molecular complexity index is 915. The molecule has 178 valence electrons. The maximum Gasteiger partial charge on any atom is 0.321 e. The predicted molar refractivity (Wildman–Crippen MR) is 118 cm³/mol. The zero-order valence-electron chi connectivity index (χ0n) is 18.5. The molecule has 1 aliphatic carbocycles. The molecule has 0 spiro atoms. The molecule has 0 bridgehead atoms. The van der Waals surface area contributed by atoms with Crippen molar-refractivity contribution >= 4 is 33.6 Å². The van der Waals surface area contributed by atoms with E-state index < -0.39 is 33.9 Å². The molecule has 1 fully saturated rings. The van der Waals surface area contributed by atoms with E-state index in [1.165, 1.54) is 19.2 Å². The summed E-state index contributed by atoms with van der Waals surface area (Å²) in [4.78, 5) is 40.5. The van der Waals surface area contributed by atoms with Gasteiger partial charge in [-0.1, -0.05) is 23.4 Å². The molecule has 0 atom stereocenters. The molecule has 12 heteroatoms. The summed E-state index contributed by atoms with van der Waals surface area (Å²) in [6, 6.07) is 4.82. The van der Waals surface area contributed by atoms with Crippen LogP contribution in [0.25, 0.3) is 0 Å². The van der Waals surface area contributed by atoms with Crippen LogP contribution in [-0.4, -0.2) is 63.0 Å². The van der Waals surface area contributed by atoms with E-state index in [9.17, 15) is 22.8 Å². The zero-order chi connectivity index (χ0) is 23.7. The highest BCUT2D eigenvalue weighted by molar-refractivity contribution is 7.89. The third kappa shape index (κ3) is 7.46. The molecule has 11 nitrogen and oxygen atoms in total. The number of sulfonamides is 1. The minimum Gasteiger partial charge on any atom is -0.376 e. The monoisotopic (exact) mass is 469 g/mol. The number of likely N-dealkylation sites (N-methyl/N-ethyl adjacent to an activating group) is 1. The lowest BCUT2D eigenvalue weighted by Gasteiger charge is -2.28. The first-order chi connectivity index (χ1) is 15.1. The first-order valence-corrected chi connectivity index (χ1v) is 11.9. The predicted octanol–water partition coefficient (Wildman–Crippen LogP) is 0.944. The lowest BCUT2D eigenvalue weighted by atomic mass is 10.3. The van der Waals surface area contributed by atoms with Crippen LogP contribution in [0.4, 0.5) is 10.5 Å². The van der Waals surface area contributed by atoms with E-state index in [0.717, 1.165) is 30.2 Å². The number of urea groups is 1. The molecule has 0 aliphatic heterocycles. The maximum absolute atomic E-state index is 13.2. The summed E-state index contributed by atoms with van der Waals surface area (Å²) in [6.07, 6.45) is 3.56.